The molecule has 0 unspecified atom stereocenters. The third-order valence-electron chi connectivity index (χ3n) is 13.9. The van der Waals surface area contributed by atoms with Gasteiger partial charge in [-0.3, -0.25) is 33.8 Å². The lowest BCUT2D eigenvalue weighted by molar-refractivity contribution is -0.133. The summed E-state index contributed by atoms with van der Waals surface area (Å²) < 4.78 is 0. The summed E-state index contributed by atoms with van der Waals surface area (Å²) in [6, 6.07) is 17.5. The number of piperidine rings is 1. The third-order valence-corrected chi connectivity index (χ3v) is 14.1. The molecule has 0 saturated carbocycles. The predicted molar refractivity (Wildman–Crippen MR) is 263 cm³/mol. The van der Waals surface area contributed by atoms with Crippen molar-refractivity contribution < 1.29 is 24.0 Å². The number of carbonyl (C=O) groups excluding carboxylic acids is 5. The number of halogens is 1. The van der Waals surface area contributed by atoms with E-state index in [0.717, 1.165) is 80.1 Å². The summed E-state index contributed by atoms with van der Waals surface area (Å²) in [6.07, 6.45) is 6.54. The zero-order valence-corrected chi connectivity index (χ0v) is 40.3. The third kappa shape index (κ3) is 11.9. The van der Waals surface area contributed by atoms with Crippen LogP contribution in [0.5, 0.6) is 0 Å². The number of piperazine rings is 2. The molecule has 360 valence electrons. The highest BCUT2D eigenvalue weighted by Crippen LogP contribution is 2.37. The average Bonchev–Trinajstić information content (AvgIpc) is 3.65. The van der Waals surface area contributed by atoms with Crippen LogP contribution in [0.15, 0.2) is 67.1 Å². The van der Waals surface area contributed by atoms with Crippen LogP contribution < -0.4 is 20.9 Å². The second kappa shape index (κ2) is 22.5. The van der Waals surface area contributed by atoms with Crippen molar-refractivity contribution in [1.82, 2.24) is 45.2 Å². The first-order chi connectivity index (χ1) is 32.9. The Morgan fingerprint density at radius 1 is 0.824 bits per heavy atom. The predicted octanol–water partition coefficient (Wildman–Crippen LogP) is 4.71. The molecule has 17 heteroatoms. The van der Waals surface area contributed by atoms with Crippen LogP contribution in [0.1, 0.15) is 89.5 Å². The zero-order chi connectivity index (χ0) is 47.7. The van der Waals surface area contributed by atoms with Gasteiger partial charge in [-0.1, -0.05) is 61.8 Å². The highest BCUT2D eigenvalue weighted by atomic mass is 35.5. The summed E-state index contributed by atoms with van der Waals surface area (Å²) in [6.45, 7) is 14.9. The van der Waals surface area contributed by atoms with Crippen molar-refractivity contribution in [2.24, 2.45) is 5.92 Å². The van der Waals surface area contributed by atoms with E-state index in [1.165, 1.54) is 18.8 Å². The average molecular weight is 947 g/mol. The van der Waals surface area contributed by atoms with Crippen molar-refractivity contribution in [3.63, 3.8) is 0 Å². The minimum absolute atomic E-state index is 0.0150. The van der Waals surface area contributed by atoms with Gasteiger partial charge in [-0.15, -0.1) is 0 Å². The van der Waals surface area contributed by atoms with Crippen LogP contribution in [-0.4, -0.2) is 162 Å². The molecular weight excluding hydrogens is 882 g/mol. The Bertz CT molecular complexity index is 2450. The Hall–Kier alpha value is -5.81. The number of amides is 4. The first kappa shape index (κ1) is 48.6. The number of aryl methyl sites for hydroxylation is 1. The summed E-state index contributed by atoms with van der Waals surface area (Å²) in [5.41, 5.74) is 6.03. The van der Waals surface area contributed by atoms with Crippen molar-refractivity contribution in [1.29, 1.82) is 0 Å². The lowest BCUT2D eigenvalue weighted by Crippen LogP contribution is -2.51. The first-order valence-corrected chi connectivity index (χ1v) is 24.6. The van der Waals surface area contributed by atoms with E-state index < -0.39 is 5.92 Å². The van der Waals surface area contributed by atoms with E-state index in [0.29, 0.717) is 94.2 Å². The Labute approximate surface area is 404 Å². The molecule has 2 aromatic heterocycles. The number of fused-ring (bicyclic) bond motifs is 1. The van der Waals surface area contributed by atoms with Crippen molar-refractivity contribution in [2.45, 2.75) is 58.3 Å². The Kier molecular flexibility index (Phi) is 16.1. The van der Waals surface area contributed by atoms with Gasteiger partial charge in [-0.2, -0.15) is 0 Å². The number of likely N-dealkylation sites (tertiary alicyclic amines) is 1. The van der Waals surface area contributed by atoms with E-state index in [9.17, 15) is 24.0 Å². The molecule has 2 atom stereocenters. The maximum absolute atomic E-state index is 14.1. The molecule has 2 aromatic carbocycles. The fourth-order valence-corrected chi connectivity index (χ4v) is 10.1. The molecule has 0 radical (unpaired) electrons. The molecule has 0 bridgehead atoms. The lowest BCUT2D eigenvalue weighted by atomic mass is 9.96. The van der Waals surface area contributed by atoms with Crippen LogP contribution in [0.25, 0.3) is 11.1 Å². The van der Waals surface area contributed by atoms with Crippen LogP contribution in [-0.2, 0) is 20.8 Å². The van der Waals surface area contributed by atoms with Crippen molar-refractivity contribution >= 4 is 52.5 Å². The van der Waals surface area contributed by atoms with Crippen LogP contribution in [0.2, 0.25) is 5.02 Å². The molecule has 5 heterocycles. The van der Waals surface area contributed by atoms with E-state index in [1.54, 1.807) is 18.3 Å². The number of ketones is 1. The van der Waals surface area contributed by atoms with Crippen molar-refractivity contribution in [3.05, 3.63) is 100 Å². The summed E-state index contributed by atoms with van der Waals surface area (Å²) in [5, 5.41) is 9.92. The molecule has 16 nitrogen and oxygen atoms in total. The van der Waals surface area contributed by atoms with Crippen molar-refractivity contribution in [3.8, 4) is 11.1 Å². The van der Waals surface area contributed by atoms with Gasteiger partial charge in [0.25, 0.3) is 5.91 Å². The Balaban J connectivity index is 0.739. The number of nitrogens with one attached hydrogen (secondary N) is 3. The molecule has 3 fully saturated rings. The first-order valence-electron chi connectivity index (χ1n) is 24.2. The SMILES string of the molecule is CCc1cccc(-c2cnc(C(=O)N3CCN(CC4CCN(CC(=O)NCCNC[C@@H](C(=O)N5CCN(c6ncnc7c6[C@H](C)CC7=O)CC5)c5ccc(Cl)cc5)CC4)CC3)c(NC(C)=O)c2)c1. The quantitative estimate of drug-likeness (QED) is 0.132. The van der Waals surface area contributed by atoms with Crippen LogP contribution >= 0.6 is 11.6 Å². The molecule has 0 spiro atoms. The van der Waals surface area contributed by atoms with Crippen molar-refractivity contribution in [2.75, 3.05) is 108 Å². The molecule has 1 aliphatic carbocycles. The molecule has 4 aliphatic rings. The van der Waals surface area contributed by atoms with E-state index >= 15 is 0 Å². The van der Waals surface area contributed by atoms with Gasteiger partial charge in [0.15, 0.2) is 11.5 Å². The normalized spacial score (nSPS) is 18.6. The van der Waals surface area contributed by atoms with Crippen LogP contribution in [0.4, 0.5) is 11.5 Å². The second-order valence-corrected chi connectivity index (χ2v) is 19.1. The number of pyridine rings is 1. The summed E-state index contributed by atoms with van der Waals surface area (Å²) in [4.78, 5) is 89.4. The van der Waals surface area contributed by atoms with E-state index in [4.69, 9.17) is 11.6 Å². The molecule has 8 rings (SSSR count). The molecule has 4 aromatic rings. The van der Waals surface area contributed by atoms with Gasteiger partial charge in [0, 0.05) is 114 Å². The number of rotatable bonds is 16. The van der Waals surface area contributed by atoms with Gasteiger partial charge in [0.05, 0.1) is 18.2 Å². The standard InChI is InChI=1S/C51H64ClN11O5/c1-4-36-6-5-7-39(27-36)40-28-43(58-35(3)64)47(55-29-40)51(68)63-20-18-60(19-21-63)31-37-12-16-59(17-13-37)32-45(66)54-15-14-53-30-42(38-8-10-41(52)11-9-38)50(67)62-24-22-61(23-25-62)49-46-34(2)26-44(65)48(46)56-33-57-49/h5-11,27-29,33-34,37,42,53H,4,12-26,30-32H2,1-3H3,(H,54,66)(H,58,64)/t34-,42-/m1/s1. The summed E-state index contributed by atoms with van der Waals surface area (Å²) in [5.74, 6) is 0.600. The molecule has 68 heavy (non-hydrogen) atoms. The van der Waals surface area contributed by atoms with Gasteiger partial charge in [-0.05, 0) is 79.1 Å². The summed E-state index contributed by atoms with van der Waals surface area (Å²) >= 11 is 6.22. The number of anilines is 2. The number of carbonyl (C=O) groups is 5. The van der Waals surface area contributed by atoms with Gasteiger partial charge in [0.1, 0.15) is 17.8 Å². The van der Waals surface area contributed by atoms with E-state index in [1.807, 2.05) is 47.1 Å². The number of aromatic nitrogens is 3. The zero-order valence-electron chi connectivity index (χ0n) is 39.5. The number of hydrogen-bond acceptors (Lipinski definition) is 12. The number of benzene rings is 2. The fourth-order valence-electron chi connectivity index (χ4n) is 10.0. The molecule has 3 N–H and O–H groups in total. The Morgan fingerprint density at radius 3 is 2.28 bits per heavy atom. The molecular formula is C51H64ClN11O5. The van der Waals surface area contributed by atoms with Crippen LogP contribution in [0, 0.1) is 5.92 Å². The maximum Gasteiger partial charge on any atom is 0.274 e. The topological polar surface area (TPSA) is 176 Å². The molecule has 3 aliphatic heterocycles. The fraction of sp³-hybridized carbons (Fsp3) is 0.490. The minimum Gasteiger partial charge on any atom is -0.354 e. The van der Waals surface area contributed by atoms with Gasteiger partial charge >= 0.3 is 0 Å². The smallest absolute Gasteiger partial charge is 0.274 e. The Morgan fingerprint density at radius 2 is 1.56 bits per heavy atom. The highest BCUT2D eigenvalue weighted by molar-refractivity contribution is 6.30. The van der Waals surface area contributed by atoms with E-state index in [2.05, 4.69) is 64.7 Å². The van der Waals surface area contributed by atoms with Gasteiger partial charge < -0.3 is 30.7 Å². The van der Waals surface area contributed by atoms with Gasteiger partial charge in [-0.25, -0.2) is 15.0 Å². The van der Waals surface area contributed by atoms with E-state index in [-0.39, 0.29) is 41.0 Å². The number of nitrogens with zero attached hydrogens (tertiary/aromatic N) is 8. The largest absolute Gasteiger partial charge is 0.354 e. The number of hydrogen-bond donors (Lipinski definition) is 3. The highest BCUT2D eigenvalue weighted by Gasteiger charge is 2.35. The summed E-state index contributed by atoms with van der Waals surface area (Å²) in [7, 11) is 0. The molecule has 3 saturated heterocycles. The molecule has 4 amide bonds. The monoisotopic (exact) mass is 945 g/mol. The van der Waals surface area contributed by atoms with Crippen LogP contribution in [0.3, 0.4) is 0 Å². The maximum atomic E-state index is 14.1. The minimum atomic E-state index is -0.428. The number of Topliss-reactive ketones (excluding diaryl/α,β-unsaturated/α-hetero) is 1. The second-order valence-electron chi connectivity index (χ2n) is 18.6. The lowest BCUT2D eigenvalue weighted by Gasteiger charge is -2.38. The van der Waals surface area contributed by atoms with Gasteiger partial charge in [0.2, 0.25) is 17.7 Å².